The van der Waals surface area contributed by atoms with Crippen molar-refractivity contribution < 1.29 is 14.2 Å². The van der Waals surface area contributed by atoms with E-state index in [1.54, 1.807) is 14.2 Å². The van der Waals surface area contributed by atoms with Gasteiger partial charge in [0.15, 0.2) is 11.5 Å². The van der Waals surface area contributed by atoms with E-state index in [4.69, 9.17) is 25.8 Å². The van der Waals surface area contributed by atoms with Crippen LogP contribution in [0.1, 0.15) is 5.56 Å². The maximum Gasteiger partial charge on any atom is 0.179 e. The fourth-order valence-electron chi connectivity index (χ4n) is 2.44. The van der Waals surface area contributed by atoms with Crippen LogP contribution in [0.5, 0.6) is 11.5 Å². The fraction of sp³-hybridized carbons (Fsp3) is 0.600. The maximum atomic E-state index is 6.20. The predicted octanol–water partition coefficient (Wildman–Crippen LogP) is 1.78. The lowest BCUT2D eigenvalue weighted by molar-refractivity contribution is -0.0182. The Labute approximate surface area is 131 Å². The van der Waals surface area contributed by atoms with Gasteiger partial charge in [-0.3, -0.25) is 0 Å². The number of ether oxygens (including phenoxy) is 3. The van der Waals surface area contributed by atoms with Crippen LogP contribution in [0.3, 0.4) is 0 Å². The summed E-state index contributed by atoms with van der Waals surface area (Å²) in [6.45, 7) is 4.28. The van der Waals surface area contributed by atoms with Crippen molar-refractivity contribution in [1.82, 2.24) is 10.2 Å². The van der Waals surface area contributed by atoms with Crippen molar-refractivity contribution in [1.29, 1.82) is 0 Å². The topological polar surface area (TPSA) is 43.0 Å². The molecule has 5 nitrogen and oxygen atoms in total. The Hall–Kier alpha value is -1.01. The van der Waals surface area contributed by atoms with Crippen LogP contribution in [-0.4, -0.2) is 58.5 Å². The van der Waals surface area contributed by atoms with Crippen molar-refractivity contribution in [3.05, 3.63) is 22.7 Å². The van der Waals surface area contributed by atoms with Gasteiger partial charge in [-0.15, -0.1) is 0 Å². The molecule has 1 saturated heterocycles. The summed E-state index contributed by atoms with van der Waals surface area (Å²) in [5.74, 6) is 1.22. The van der Waals surface area contributed by atoms with Crippen LogP contribution in [0.15, 0.2) is 12.1 Å². The summed E-state index contributed by atoms with van der Waals surface area (Å²) >= 11 is 6.20. The number of halogens is 1. The van der Waals surface area contributed by atoms with E-state index < -0.39 is 0 Å². The Morgan fingerprint density at radius 2 is 2.19 bits per heavy atom. The Balaban J connectivity index is 1.89. The molecule has 0 saturated carbocycles. The molecule has 1 fully saturated rings. The highest BCUT2D eigenvalue weighted by Crippen LogP contribution is 2.35. The van der Waals surface area contributed by atoms with Crippen molar-refractivity contribution in [2.45, 2.75) is 12.6 Å². The number of benzene rings is 1. The number of nitrogens with one attached hydrogen (secondary N) is 1. The number of morpholine rings is 1. The van der Waals surface area contributed by atoms with E-state index in [0.717, 1.165) is 31.8 Å². The van der Waals surface area contributed by atoms with Crippen LogP contribution in [0.4, 0.5) is 0 Å². The second-order valence-electron chi connectivity index (χ2n) is 5.20. The van der Waals surface area contributed by atoms with Gasteiger partial charge in [-0.05, 0) is 24.7 Å². The van der Waals surface area contributed by atoms with E-state index >= 15 is 0 Å². The number of nitrogens with zero attached hydrogens (tertiary/aromatic N) is 1. The second-order valence-corrected chi connectivity index (χ2v) is 5.61. The molecule has 1 N–H and O–H groups in total. The van der Waals surface area contributed by atoms with Gasteiger partial charge in [-0.1, -0.05) is 11.6 Å². The van der Waals surface area contributed by atoms with Gasteiger partial charge in [-0.2, -0.15) is 0 Å². The quantitative estimate of drug-likeness (QED) is 0.867. The van der Waals surface area contributed by atoms with Crippen molar-refractivity contribution in [2.75, 3.05) is 47.5 Å². The highest BCUT2D eigenvalue weighted by atomic mass is 35.5. The second kappa shape index (κ2) is 7.84. The zero-order valence-electron chi connectivity index (χ0n) is 12.8. The fourth-order valence-corrected chi connectivity index (χ4v) is 2.75. The van der Waals surface area contributed by atoms with Crippen LogP contribution >= 0.6 is 11.6 Å². The van der Waals surface area contributed by atoms with Crippen LogP contribution < -0.4 is 14.8 Å². The largest absolute Gasteiger partial charge is 0.493 e. The van der Waals surface area contributed by atoms with Gasteiger partial charge >= 0.3 is 0 Å². The van der Waals surface area contributed by atoms with Gasteiger partial charge in [0.2, 0.25) is 0 Å². The van der Waals surface area contributed by atoms with E-state index in [9.17, 15) is 0 Å². The molecule has 1 atom stereocenters. The highest BCUT2D eigenvalue weighted by Gasteiger charge is 2.17. The number of likely N-dealkylation sites (N-methyl/N-ethyl adjacent to an activating group) is 1. The number of hydrogen-bond acceptors (Lipinski definition) is 5. The van der Waals surface area contributed by atoms with Crippen molar-refractivity contribution in [3.63, 3.8) is 0 Å². The number of hydrogen-bond donors (Lipinski definition) is 1. The minimum absolute atomic E-state index is 0.236. The molecule has 6 heteroatoms. The Morgan fingerprint density at radius 1 is 1.38 bits per heavy atom. The minimum Gasteiger partial charge on any atom is -0.493 e. The van der Waals surface area contributed by atoms with Gasteiger partial charge in [0.1, 0.15) is 0 Å². The molecular formula is C15H23ClN2O3. The van der Waals surface area contributed by atoms with E-state index in [2.05, 4.69) is 17.3 Å². The molecule has 0 amide bonds. The lowest BCUT2D eigenvalue weighted by Gasteiger charge is -2.30. The molecular weight excluding hydrogens is 292 g/mol. The van der Waals surface area contributed by atoms with Crippen LogP contribution in [0, 0.1) is 0 Å². The Morgan fingerprint density at radius 3 is 2.86 bits per heavy atom. The molecule has 0 bridgehead atoms. The SMILES string of the molecule is COc1cc(CNC[C@H]2CN(C)CCO2)cc(Cl)c1OC. The van der Waals surface area contributed by atoms with Gasteiger partial charge in [0.25, 0.3) is 0 Å². The van der Waals surface area contributed by atoms with Crippen molar-refractivity contribution in [3.8, 4) is 11.5 Å². The van der Waals surface area contributed by atoms with Crippen LogP contribution in [0.25, 0.3) is 0 Å². The molecule has 1 heterocycles. The molecule has 0 aromatic heterocycles. The van der Waals surface area contributed by atoms with Crippen LogP contribution in [0.2, 0.25) is 5.02 Å². The lowest BCUT2D eigenvalue weighted by atomic mass is 10.2. The Kier molecular flexibility index (Phi) is 6.11. The first-order valence-corrected chi connectivity index (χ1v) is 7.43. The summed E-state index contributed by atoms with van der Waals surface area (Å²) in [7, 11) is 5.30. The summed E-state index contributed by atoms with van der Waals surface area (Å²) in [5, 5.41) is 3.96. The lowest BCUT2D eigenvalue weighted by Crippen LogP contribution is -2.44. The monoisotopic (exact) mass is 314 g/mol. The third-order valence-corrected chi connectivity index (χ3v) is 3.82. The number of methoxy groups -OCH3 is 2. The number of rotatable bonds is 6. The van der Waals surface area contributed by atoms with E-state index in [1.807, 2.05) is 12.1 Å². The van der Waals surface area contributed by atoms with Crippen molar-refractivity contribution in [2.24, 2.45) is 0 Å². The molecule has 0 radical (unpaired) electrons. The summed E-state index contributed by atoms with van der Waals surface area (Å²) in [5.41, 5.74) is 1.06. The third kappa shape index (κ3) is 4.48. The first kappa shape index (κ1) is 16.4. The summed E-state index contributed by atoms with van der Waals surface area (Å²) in [4.78, 5) is 2.28. The molecule has 21 heavy (non-hydrogen) atoms. The first-order chi connectivity index (χ1) is 10.1. The molecule has 0 aliphatic carbocycles. The molecule has 1 aromatic rings. The van der Waals surface area contributed by atoms with Gasteiger partial charge in [0, 0.05) is 26.2 Å². The first-order valence-electron chi connectivity index (χ1n) is 7.05. The summed E-state index contributed by atoms with van der Waals surface area (Å²) in [6, 6.07) is 3.83. The van der Waals surface area contributed by atoms with E-state index in [-0.39, 0.29) is 6.10 Å². The zero-order valence-corrected chi connectivity index (χ0v) is 13.6. The molecule has 1 aromatic carbocycles. The highest BCUT2D eigenvalue weighted by molar-refractivity contribution is 6.32. The van der Waals surface area contributed by atoms with Gasteiger partial charge < -0.3 is 24.4 Å². The molecule has 2 rings (SSSR count). The predicted molar refractivity (Wildman–Crippen MR) is 83.5 cm³/mol. The molecule has 0 unspecified atom stereocenters. The van der Waals surface area contributed by atoms with Gasteiger partial charge in [-0.25, -0.2) is 0 Å². The molecule has 1 aliphatic heterocycles. The normalized spacial score (nSPS) is 19.5. The van der Waals surface area contributed by atoms with Crippen molar-refractivity contribution >= 4 is 11.6 Å². The maximum absolute atomic E-state index is 6.20. The van der Waals surface area contributed by atoms with E-state index in [1.165, 1.54) is 0 Å². The zero-order chi connectivity index (χ0) is 15.2. The average molecular weight is 315 g/mol. The van der Waals surface area contributed by atoms with Crippen LogP contribution in [-0.2, 0) is 11.3 Å². The minimum atomic E-state index is 0.236. The summed E-state index contributed by atoms with van der Waals surface area (Å²) < 4.78 is 16.2. The summed E-state index contributed by atoms with van der Waals surface area (Å²) in [6.07, 6.45) is 0.236. The smallest absolute Gasteiger partial charge is 0.179 e. The average Bonchev–Trinajstić information content (AvgIpc) is 2.46. The molecule has 1 aliphatic rings. The van der Waals surface area contributed by atoms with Gasteiger partial charge in [0.05, 0.1) is 32.0 Å². The molecule has 118 valence electrons. The van der Waals surface area contributed by atoms with E-state index in [0.29, 0.717) is 23.1 Å². The molecule has 0 spiro atoms. The Bertz CT molecular complexity index is 470. The third-order valence-electron chi connectivity index (χ3n) is 3.54. The standard InChI is InChI=1S/C15H23ClN2O3/c1-18-4-5-21-12(10-18)9-17-8-11-6-13(16)15(20-3)14(7-11)19-2/h6-7,12,17H,4-5,8-10H2,1-3H3/t12-/m0/s1.